The first-order chi connectivity index (χ1) is 9.54. The highest BCUT2D eigenvalue weighted by Gasteiger charge is 2.12. The molecular formula is C16H21F2NO. The van der Waals surface area contributed by atoms with E-state index in [4.69, 9.17) is 11.2 Å². The van der Waals surface area contributed by atoms with E-state index in [0.717, 1.165) is 6.54 Å². The van der Waals surface area contributed by atoms with Gasteiger partial charge in [0.1, 0.15) is 0 Å². The second-order valence-electron chi connectivity index (χ2n) is 5.07. The summed E-state index contributed by atoms with van der Waals surface area (Å²) in [5.41, 5.74) is 0.566. The van der Waals surface area contributed by atoms with E-state index in [1.165, 1.54) is 12.1 Å². The van der Waals surface area contributed by atoms with Gasteiger partial charge in [-0.2, -0.15) is 0 Å². The van der Waals surface area contributed by atoms with Crippen molar-refractivity contribution in [1.29, 1.82) is 0 Å². The third kappa shape index (κ3) is 5.58. The van der Waals surface area contributed by atoms with Crippen LogP contribution in [0.5, 0.6) is 5.75 Å². The van der Waals surface area contributed by atoms with Crippen molar-refractivity contribution in [2.24, 2.45) is 5.92 Å². The Bertz CT molecular complexity index is 443. The van der Waals surface area contributed by atoms with Crippen LogP contribution < -0.4 is 10.1 Å². The van der Waals surface area contributed by atoms with E-state index in [1.807, 2.05) is 0 Å². The lowest BCUT2D eigenvalue weighted by Gasteiger charge is -2.11. The zero-order valence-corrected chi connectivity index (χ0v) is 12.0. The molecule has 0 fully saturated rings. The van der Waals surface area contributed by atoms with Crippen molar-refractivity contribution < 1.29 is 13.5 Å². The lowest BCUT2D eigenvalue weighted by atomic mass is 10.1. The maximum Gasteiger partial charge on any atom is 0.190 e. The average molecular weight is 281 g/mol. The van der Waals surface area contributed by atoms with E-state index in [9.17, 15) is 8.78 Å². The molecule has 0 aliphatic carbocycles. The third-order valence-corrected chi connectivity index (χ3v) is 2.65. The summed E-state index contributed by atoms with van der Waals surface area (Å²) in [6.07, 6.45) is 6.20. The number of nitrogens with one attached hydrogen (secondary N) is 1. The molecule has 110 valence electrons. The summed E-state index contributed by atoms with van der Waals surface area (Å²) >= 11 is 0. The number of benzene rings is 1. The highest BCUT2D eigenvalue weighted by atomic mass is 19.1. The van der Waals surface area contributed by atoms with Gasteiger partial charge in [-0.3, -0.25) is 0 Å². The topological polar surface area (TPSA) is 21.3 Å². The van der Waals surface area contributed by atoms with Gasteiger partial charge >= 0.3 is 0 Å². The highest BCUT2D eigenvalue weighted by Crippen LogP contribution is 2.23. The average Bonchev–Trinajstić information content (AvgIpc) is 2.36. The van der Waals surface area contributed by atoms with Crippen LogP contribution in [0.15, 0.2) is 12.1 Å². The summed E-state index contributed by atoms with van der Waals surface area (Å²) in [4.78, 5) is 0. The Morgan fingerprint density at radius 2 is 1.95 bits per heavy atom. The van der Waals surface area contributed by atoms with E-state index in [2.05, 4.69) is 25.1 Å². The monoisotopic (exact) mass is 281 g/mol. The molecule has 0 unspecified atom stereocenters. The Morgan fingerprint density at radius 1 is 1.30 bits per heavy atom. The number of hydrogen-bond acceptors (Lipinski definition) is 2. The van der Waals surface area contributed by atoms with Crippen molar-refractivity contribution in [2.45, 2.75) is 33.2 Å². The van der Waals surface area contributed by atoms with E-state index in [1.54, 1.807) is 0 Å². The van der Waals surface area contributed by atoms with Crippen LogP contribution in [0.1, 0.15) is 32.3 Å². The number of rotatable bonds is 8. The van der Waals surface area contributed by atoms with Gasteiger partial charge in [0.15, 0.2) is 17.4 Å². The van der Waals surface area contributed by atoms with E-state index in [0.29, 0.717) is 30.9 Å². The Hall–Kier alpha value is -1.60. The van der Waals surface area contributed by atoms with Crippen LogP contribution in [0.2, 0.25) is 0 Å². The molecule has 0 aromatic heterocycles. The van der Waals surface area contributed by atoms with Crippen LogP contribution >= 0.6 is 0 Å². The minimum absolute atomic E-state index is 0.211. The van der Waals surface area contributed by atoms with Crippen molar-refractivity contribution in [3.63, 3.8) is 0 Å². The molecule has 0 bridgehead atoms. The summed E-state index contributed by atoms with van der Waals surface area (Å²) in [6.45, 7) is 5.59. The molecule has 2 nitrogen and oxygen atoms in total. The summed E-state index contributed by atoms with van der Waals surface area (Å²) in [6, 6.07) is 2.60. The molecule has 0 radical (unpaired) electrons. The fraction of sp³-hybridized carbons (Fsp3) is 0.500. The van der Waals surface area contributed by atoms with Crippen LogP contribution in [0, 0.1) is 29.9 Å². The molecule has 1 N–H and O–H groups in total. The fourth-order valence-electron chi connectivity index (χ4n) is 1.71. The number of terminal acetylenes is 1. The SMILES string of the molecule is C#CCCCOc1c(F)cc(CNCC(C)C)cc1F. The molecule has 1 aromatic carbocycles. The zero-order valence-electron chi connectivity index (χ0n) is 12.0. The van der Waals surface area contributed by atoms with Gasteiger partial charge in [-0.15, -0.1) is 12.3 Å². The zero-order chi connectivity index (χ0) is 15.0. The van der Waals surface area contributed by atoms with E-state index >= 15 is 0 Å². The largest absolute Gasteiger partial charge is 0.488 e. The van der Waals surface area contributed by atoms with Crippen LogP contribution in [-0.4, -0.2) is 13.2 Å². The number of hydrogen-bond donors (Lipinski definition) is 1. The fourth-order valence-corrected chi connectivity index (χ4v) is 1.71. The number of unbranched alkanes of at least 4 members (excludes halogenated alkanes) is 1. The molecule has 1 rings (SSSR count). The molecular weight excluding hydrogens is 260 g/mol. The second kappa shape index (κ2) is 8.55. The maximum atomic E-state index is 13.8. The van der Waals surface area contributed by atoms with Crippen molar-refractivity contribution in [1.82, 2.24) is 5.32 Å². The summed E-state index contributed by atoms with van der Waals surface area (Å²) in [5, 5.41) is 3.14. The van der Waals surface area contributed by atoms with Crippen molar-refractivity contribution in [2.75, 3.05) is 13.2 Å². The normalized spacial score (nSPS) is 10.6. The highest BCUT2D eigenvalue weighted by molar-refractivity contribution is 5.31. The van der Waals surface area contributed by atoms with Gasteiger partial charge in [0, 0.05) is 13.0 Å². The molecule has 0 amide bonds. The third-order valence-electron chi connectivity index (χ3n) is 2.65. The van der Waals surface area contributed by atoms with Gasteiger partial charge in [0.25, 0.3) is 0 Å². The molecule has 0 saturated heterocycles. The Labute approximate surface area is 119 Å². The molecule has 0 aliphatic heterocycles. The lowest BCUT2D eigenvalue weighted by Crippen LogP contribution is -2.19. The van der Waals surface area contributed by atoms with Crippen molar-refractivity contribution >= 4 is 0 Å². The first-order valence-electron chi connectivity index (χ1n) is 6.79. The Kier molecular flexibility index (Phi) is 7.03. The summed E-state index contributed by atoms with van der Waals surface area (Å²) < 4.78 is 32.6. The first kappa shape index (κ1) is 16.5. The molecule has 0 spiro atoms. The van der Waals surface area contributed by atoms with E-state index in [-0.39, 0.29) is 12.4 Å². The lowest BCUT2D eigenvalue weighted by molar-refractivity contribution is 0.281. The van der Waals surface area contributed by atoms with Crippen molar-refractivity contribution in [3.05, 3.63) is 29.3 Å². The molecule has 0 aliphatic rings. The van der Waals surface area contributed by atoms with Gasteiger partial charge in [-0.1, -0.05) is 13.8 Å². The number of halogens is 2. The van der Waals surface area contributed by atoms with Gasteiger partial charge < -0.3 is 10.1 Å². The first-order valence-corrected chi connectivity index (χ1v) is 6.79. The van der Waals surface area contributed by atoms with Crippen LogP contribution in [-0.2, 0) is 6.54 Å². The number of ether oxygens (including phenoxy) is 1. The quantitative estimate of drug-likeness (QED) is 0.581. The smallest absolute Gasteiger partial charge is 0.190 e. The van der Waals surface area contributed by atoms with Crippen LogP contribution in [0.4, 0.5) is 8.78 Å². The molecule has 0 saturated carbocycles. The van der Waals surface area contributed by atoms with E-state index < -0.39 is 11.6 Å². The maximum absolute atomic E-state index is 13.8. The van der Waals surface area contributed by atoms with Gasteiger partial charge in [-0.25, -0.2) is 8.78 Å². The van der Waals surface area contributed by atoms with Crippen LogP contribution in [0.3, 0.4) is 0 Å². The molecule has 20 heavy (non-hydrogen) atoms. The second-order valence-corrected chi connectivity index (χ2v) is 5.07. The van der Waals surface area contributed by atoms with Crippen molar-refractivity contribution in [3.8, 4) is 18.1 Å². The Balaban J connectivity index is 2.59. The van der Waals surface area contributed by atoms with Gasteiger partial charge in [0.05, 0.1) is 6.61 Å². The van der Waals surface area contributed by atoms with Gasteiger partial charge in [-0.05, 0) is 36.6 Å². The summed E-state index contributed by atoms with van der Waals surface area (Å²) in [7, 11) is 0. The minimum Gasteiger partial charge on any atom is -0.488 e. The molecule has 0 heterocycles. The standard InChI is InChI=1S/C16H21F2NO/c1-4-5-6-7-20-16-14(17)8-13(9-15(16)18)11-19-10-12(2)3/h1,8-9,12,19H,5-7,10-11H2,2-3H3. The van der Waals surface area contributed by atoms with Crippen LogP contribution in [0.25, 0.3) is 0 Å². The molecule has 0 atom stereocenters. The predicted octanol–water partition coefficient (Wildman–Crippen LogP) is 3.50. The summed E-state index contributed by atoms with van der Waals surface area (Å²) in [5.74, 6) is 1.27. The minimum atomic E-state index is -0.674. The van der Waals surface area contributed by atoms with Gasteiger partial charge in [0.2, 0.25) is 0 Å². The predicted molar refractivity (Wildman–Crippen MR) is 76.5 cm³/mol. The molecule has 4 heteroatoms. The molecule has 1 aromatic rings. The Morgan fingerprint density at radius 3 is 2.50 bits per heavy atom.